The first-order valence-electron chi connectivity index (χ1n) is 8.45. The van der Waals surface area contributed by atoms with Crippen molar-refractivity contribution in [2.75, 3.05) is 20.2 Å². The second kappa shape index (κ2) is 8.27. The third-order valence-electron chi connectivity index (χ3n) is 4.36. The molecule has 6 heteroatoms. The molecule has 1 saturated heterocycles. The number of hydrogen-bond acceptors (Lipinski definition) is 5. The maximum Gasteiger partial charge on any atom is 0.281 e. The minimum absolute atomic E-state index is 0.180. The number of nitrogens with zero attached hydrogens (tertiary/aromatic N) is 2. The summed E-state index contributed by atoms with van der Waals surface area (Å²) >= 11 is 1.40. The zero-order valence-electron chi connectivity index (χ0n) is 14.6. The van der Waals surface area contributed by atoms with Crippen LogP contribution >= 0.6 is 11.3 Å². The molecule has 0 radical (unpaired) electrons. The van der Waals surface area contributed by atoms with E-state index in [1.165, 1.54) is 24.2 Å². The first-order chi connectivity index (χ1) is 12.2. The Morgan fingerprint density at radius 3 is 2.80 bits per heavy atom. The van der Waals surface area contributed by atoms with Gasteiger partial charge in [-0.3, -0.25) is 9.69 Å². The number of hydrazone groups is 1. The van der Waals surface area contributed by atoms with Crippen molar-refractivity contribution >= 4 is 23.0 Å². The van der Waals surface area contributed by atoms with Crippen LogP contribution in [0.1, 0.15) is 40.6 Å². The van der Waals surface area contributed by atoms with Crippen molar-refractivity contribution in [1.29, 1.82) is 0 Å². The molecule has 2 heterocycles. The molecule has 5 nitrogen and oxygen atoms in total. The van der Waals surface area contributed by atoms with Gasteiger partial charge in [-0.05, 0) is 68.1 Å². The van der Waals surface area contributed by atoms with E-state index < -0.39 is 0 Å². The minimum atomic E-state index is -0.180. The number of likely N-dealkylation sites (tertiary alicyclic amines) is 1. The molecule has 0 aliphatic carbocycles. The first kappa shape index (κ1) is 17.6. The molecule has 0 spiro atoms. The minimum Gasteiger partial charge on any atom is -0.496 e. The highest BCUT2D eigenvalue weighted by molar-refractivity contribution is 7.12. The van der Waals surface area contributed by atoms with Crippen LogP contribution in [0.3, 0.4) is 0 Å². The van der Waals surface area contributed by atoms with E-state index >= 15 is 0 Å². The standard InChI is InChI=1S/C19H23N3O2S/c1-14(20-21-19(23)18-6-5-11-25-18)15-7-8-17(24-2)16(12-15)13-22-9-3-4-10-22/h5-8,11-12H,3-4,9-10,13H2,1-2H3,(H,21,23)/b20-14-. The number of hydrogen-bond donors (Lipinski definition) is 1. The van der Waals surface area contributed by atoms with E-state index in [1.54, 1.807) is 13.2 Å². The van der Waals surface area contributed by atoms with Crippen molar-refractivity contribution in [2.24, 2.45) is 5.10 Å². The van der Waals surface area contributed by atoms with Crippen LogP contribution in [0, 0.1) is 0 Å². The summed E-state index contributed by atoms with van der Waals surface area (Å²) < 4.78 is 5.50. The number of carbonyl (C=O) groups is 1. The summed E-state index contributed by atoms with van der Waals surface area (Å²) in [5.41, 5.74) is 5.54. The van der Waals surface area contributed by atoms with E-state index in [2.05, 4.69) is 21.5 Å². The second-order valence-corrected chi connectivity index (χ2v) is 7.07. The topological polar surface area (TPSA) is 53.9 Å². The van der Waals surface area contributed by atoms with Crippen LogP contribution < -0.4 is 10.2 Å². The molecule has 2 aromatic rings. The Kier molecular flexibility index (Phi) is 5.83. The molecule has 0 atom stereocenters. The molecule has 1 N–H and O–H groups in total. The Morgan fingerprint density at radius 1 is 1.32 bits per heavy atom. The van der Waals surface area contributed by atoms with E-state index in [0.29, 0.717) is 4.88 Å². The van der Waals surface area contributed by atoms with Crippen molar-refractivity contribution in [2.45, 2.75) is 26.3 Å². The zero-order chi connectivity index (χ0) is 17.6. The van der Waals surface area contributed by atoms with Crippen LogP contribution in [-0.4, -0.2) is 36.7 Å². The number of methoxy groups -OCH3 is 1. The Morgan fingerprint density at radius 2 is 2.12 bits per heavy atom. The van der Waals surface area contributed by atoms with Crippen LogP contribution in [0.15, 0.2) is 40.8 Å². The van der Waals surface area contributed by atoms with Crippen LogP contribution in [0.4, 0.5) is 0 Å². The van der Waals surface area contributed by atoms with Gasteiger partial charge in [0.25, 0.3) is 5.91 Å². The number of carbonyl (C=O) groups excluding carboxylic acids is 1. The van der Waals surface area contributed by atoms with Gasteiger partial charge in [0, 0.05) is 12.1 Å². The molecule has 1 aliphatic heterocycles. The van der Waals surface area contributed by atoms with Gasteiger partial charge < -0.3 is 4.74 Å². The number of nitrogens with one attached hydrogen (secondary N) is 1. The van der Waals surface area contributed by atoms with Crippen molar-refractivity contribution in [3.8, 4) is 5.75 Å². The first-order valence-corrected chi connectivity index (χ1v) is 9.33. The summed E-state index contributed by atoms with van der Waals surface area (Å²) in [6.45, 7) is 5.05. The fourth-order valence-electron chi connectivity index (χ4n) is 2.97. The lowest BCUT2D eigenvalue weighted by atomic mass is 10.1. The van der Waals surface area contributed by atoms with Crippen LogP contribution in [0.5, 0.6) is 5.75 Å². The lowest BCUT2D eigenvalue weighted by Gasteiger charge is -2.17. The molecule has 25 heavy (non-hydrogen) atoms. The molecule has 3 rings (SSSR count). The molecular weight excluding hydrogens is 334 g/mol. The quantitative estimate of drug-likeness (QED) is 0.636. The fraction of sp³-hybridized carbons (Fsp3) is 0.368. The highest BCUT2D eigenvalue weighted by atomic mass is 32.1. The van der Waals surface area contributed by atoms with Crippen molar-refractivity contribution in [3.63, 3.8) is 0 Å². The van der Waals surface area contributed by atoms with E-state index in [0.717, 1.165) is 42.2 Å². The lowest BCUT2D eigenvalue weighted by molar-refractivity contribution is 0.0959. The van der Waals surface area contributed by atoms with Crippen LogP contribution in [0.2, 0.25) is 0 Å². The third-order valence-corrected chi connectivity index (χ3v) is 5.23. The molecule has 1 fully saturated rings. The van der Waals surface area contributed by atoms with Gasteiger partial charge >= 0.3 is 0 Å². The molecule has 1 aliphatic rings. The Labute approximate surface area is 152 Å². The van der Waals surface area contributed by atoms with Gasteiger partial charge in [0.2, 0.25) is 0 Å². The van der Waals surface area contributed by atoms with Gasteiger partial charge in [-0.15, -0.1) is 11.3 Å². The highest BCUT2D eigenvalue weighted by Crippen LogP contribution is 2.23. The van der Waals surface area contributed by atoms with Crippen molar-refractivity contribution in [1.82, 2.24) is 10.3 Å². The summed E-state index contributed by atoms with van der Waals surface area (Å²) in [5, 5.41) is 6.12. The highest BCUT2D eigenvalue weighted by Gasteiger charge is 2.15. The Bertz CT molecular complexity index is 750. The second-order valence-electron chi connectivity index (χ2n) is 6.13. The monoisotopic (exact) mass is 357 g/mol. The summed E-state index contributed by atoms with van der Waals surface area (Å²) in [4.78, 5) is 15.1. The number of rotatable bonds is 6. The van der Waals surface area contributed by atoms with Crippen LogP contribution in [-0.2, 0) is 6.54 Å². The van der Waals surface area contributed by atoms with Gasteiger partial charge in [0.1, 0.15) is 5.75 Å². The maximum absolute atomic E-state index is 12.0. The normalized spacial score (nSPS) is 15.4. The molecular formula is C19H23N3O2S. The predicted octanol–water partition coefficient (Wildman–Crippen LogP) is 3.51. The Hall–Kier alpha value is -2.18. The lowest BCUT2D eigenvalue weighted by Crippen LogP contribution is -2.20. The SMILES string of the molecule is COc1ccc(/C(C)=N\NC(=O)c2cccs2)cc1CN1CCCC1. The maximum atomic E-state index is 12.0. The van der Waals surface area contributed by atoms with Crippen LogP contribution in [0.25, 0.3) is 0 Å². The molecule has 0 bridgehead atoms. The fourth-order valence-corrected chi connectivity index (χ4v) is 3.58. The van der Waals surface area contributed by atoms with E-state index in [9.17, 15) is 4.79 Å². The molecule has 0 saturated carbocycles. The average Bonchev–Trinajstić information content (AvgIpc) is 3.33. The smallest absolute Gasteiger partial charge is 0.281 e. The third kappa shape index (κ3) is 4.46. The Balaban J connectivity index is 1.73. The van der Waals surface area contributed by atoms with Gasteiger partial charge in [-0.2, -0.15) is 5.10 Å². The molecule has 132 valence electrons. The van der Waals surface area contributed by atoms with Gasteiger partial charge in [0.05, 0.1) is 17.7 Å². The molecule has 1 amide bonds. The van der Waals surface area contributed by atoms with E-state index in [4.69, 9.17) is 4.74 Å². The van der Waals surface area contributed by atoms with E-state index in [-0.39, 0.29) is 5.91 Å². The molecule has 0 unspecified atom stereocenters. The predicted molar refractivity (Wildman–Crippen MR) is 102 cm³/mol. The van der Waals surface area contributed by atoms with Crippen molar-refractivity contribution in [3.05, 3.63) is 51.7 Å². The summed E-state index contributed by atoms with van der Waals surface area (Å²) in [7, 11) is 1.70. The molecule has 1 aromatic carbocycles. The zero-order valence-corrected chi connectivity index (χ0v) is 15.4. The summed E-state index contributed by atoms with van der Waals surface area (Å²) in [6, 6.07) is 9.69. The van der Waals surface area contributed by atoms with E-state index in [1.807, 2.05) is 30.5 Å². The number of ether oxygens (including phenoxy) is 1. The van der Waals surface area contributed by atoms with Crippen molar-refractivity contribution < 1.29 is 9.53 Å². The summed E-state index contributed by atoms with van der Waals surface area (Å²) in [5.74, 6) is 0.714. The summed E-state index contributed by atoms with van der Waals surface area (Å²) in [6.07, 6.45) is 2.52. The average molecular weight is 357 g/mol. The van der Waals surface area contributed by atoms with Gasteiger partial charge in [0.15, 0.2) is 0 Å². The largest absolute Gasteiger partial charge is 0.496 e. The van der Waals surface area contributed by atoms with Gasteiger partial charge in [-0.25, -0.2) is 5.43 Å². The van der Waals surface area contributed by atoms with Gasteiger partial charge in [-0.1, -0.05) is 6.07 Å². The molecule has 1 aromatic heterocycles. The number of amides is 1. The number of thiophene rings is 1. The number of benzene rings is 1.